The zero-order valence-corrected chi connectivity index (χ0v) is 19.3. The first-order chi connectivity index (χ1) is 14.0. The van der Waals surface area contributed by atoms with E-state index >= 15 is 0 Å². The van der Waals surface area contributed by atoms with Crippen LogP contribution in [0.2, 0.25) is 0 Å². The maximum atomic E-state index is 13.3. The molecule has 0 spiro atoms. The Kier molecular flexibility index (Phi) is 6.38. The number of hydrogen-bond donors (Lipinski definition) is 0. The van der Waals surface area contributed by atoms with Crippen molar-refractivity contribution < 1.29 is 23.5 Å². The van der Waals surface area contributed by atoms with Crippen LogP contribution < -0.4 is 4.90 Å². The summed E-state index contributed by atoms with van der Waals surface area (Å²) in [7, 11) is 0. The van der Waals surface area contributed by atoms with E-state index in [1.165, 1.54) is 16.2 Å². The topological polar surface area (TPSA) is 81.9 Å². The number of thiazole rings is 1. The van der Waals surface area contributed by atoms with Crippen molar-refractivity contribution in [2.45, 2.75) is 65.5 Å². The lowest BCUT2D eigenvalue weighted by atomic mass is 9.94. The molecule has 1 aliphatic rings. The van der Waals surface area contributed by atoms with Gasteiger partial charge in [0, 0.05) is 24.7 Å². The highest BCUT2D eigenvalue weighted by Gasteiger charge is 2.37. The largest absolute Gasteiger partial charge is 0.463 e. The second kappa shape index (κ2) is 8.51. The predicted molar refractivity (Wildman–Crippen MR) is 116 cm³/mol. The Morgan fingerprint density at radius 1 is 1.17 bits per heavy atom. The summed E-state index contributed by atoms with van der Waals surface area (Å²) in [6, 6.07) is 3.53. The number of hydrogen-bond acceptors (Lipinski definition) is 7. The monoisotopic (exact) mass is 434 g/mol. The minimum atomic E-state index is -0.650. The van der Waals surface area contributed by atoms with Crippen LogP contribution in [0.15, 0.2) is 22.8 Å². The average molecular weight is 435 g/mol. The normalized spacial score (nSPS) is 15.8. The molecule has 0 unspecified atom stereocenters. The molecular formula is C22H30N2O5S. The summed E-state index contributed by atoms with van der Waals surface area (Å²) in [4.78, 5) is 33.1. The number of rotatable bonds is 4. The number of amides is 1. The molecule has 0 aliphatic carbocycles. The third kappa shape index (κ3) is 5.10. The van der Waals surface area contributed by atoms with Gasteiger partial charge in [-0.2, -0.15) is 0 Å². The molecule has 0 saturated carbocycles. The van der Waals surface area contributed by atoms with Crippen molar-refractivity contribution in [1.29, 1.82) is 0 Å². The van der Waals surface area contributed by atoms with E-state index in [4.69, 9.17) is 13.9 Å². The number of carbonyl (C=O) groups is 2. The second-order valence-electron chi connectivity index (χ2n) is 9.39. The standard InChI is InChI=1S/C22H30N2O5S/c1-21(2,3)24(20(26)29-22(4,5)6)19-23-16(15-8-7-11-28-15)18(30-19)17(25)14-9-12-27-13-10-14/h7-8,11,14H,9-10,12-13H2,1-6H3. The Morgan fingerprint density at radius 3 is 2.37 bits per heavy atom. The van der Waals surface area contributed by atoms with Gasteiger partial charge >= 0.3 is 6.09 Å². The Bertz CT molecular complexity index is 884. The van der Waals surface area contributed by atoms with Crippen molar-refractivity contribution in [3.63, 3.8) is 0 Å². The van der Waals surface area contributed by atoms with Gasteiger partial charge in [0.15, 0.2) is 16.7 Å². The quantitative estimate of drug-likeness (QED) is 0.587. The van der Waals surface area contributed by atoms with E-state index in [0.29, 0.717) is 47.5 Å². The first-order valence-corrected chi connectivity index (χ1v) is 11.0. The first kappa shape index (κ1) is 22.5. The third-order valence-electron chi connectivity index (χ3n) is 4.62. The lowest BCUT2D eigenvalue weighted by Crippen LogP contribution is -2.48. The summed E-state index contributed by atoms with van der Waals surface area (Å²) in [6.45, 7) is 12.3. The smallest absolute Gasteiger partial charge is 0.417 e. The molecule has 7 nitrogen and oxygen atoms in total. The molecule has 0 bridgehead atoms. The van der Waals surface area contributed by atoms with Gasteiger partial charge < -0.3 is 13.9 Å². The number of nitrogens with zero attached hydrogens (tertiary/aromatic N) is 2. The van der Waals surface area contributed by atoms with E-state index in [2.05, 4.69) is 4.98 Å². The highest BCUT2D eigenvalue weighted by Crippen LogP contribution is 2.39. The van der Waals surface area contributed by atoms with Crippen molar-refractivity contribution in [1.82, 2.24) is 4.98 Å². The molecule has 0 N–H and O–H groups in total. The van der Waals surface area contributed by atoms with Gasteiger partial charge in [0.2, 0.25) is 0 Å². The van der Waals surface area contributed by atoms with Crippen LogP contribution in [-0.2, 0) is 9.47 Å². The zero-order chi connectivity index (χ0) is 22.1. The number of ether oxygens (including phenoxy) is 2. The molecule has 2 aromatic rings. The summed E-state index contributed by atoms with van der Waals surface area (Å²) in [6.07, 6.45) is 2.41. The van der Waals surface area contributed by atoms with Crippen molar-refractivity contribution in [2.75, 3.05) is 18.1 Å². The van der Waals surface area contributed by atoms with Gasteiger partial charge in [0.1, 0.15) is 16.2 Å². The van der Waals surface area contributed by atoms with Gasteiger partial charge in [0.25, 0.3) is 0 Å². The van der Waals surface area contributed by atoms with E-state index < -0.39 is 17.2 Å². The molecule has 1 saturated heterocycles. The summed E-state index contributed by atoms with van der Waals surface area (Å²) >= 11 is 1.21. The SMILES string of the molecule is CC(C)(C)OC(=O)N(c1nc(-c2ccco2)c(C(=O)C2CCOCC2)s1)C(C)(C)C. The van der Waals surface area contributed by atoms with Crippen molar-refractivity contribution >= 4 is 28.3 Å². The number of furan rings is 1. The molecule has 3 heterocycles. The van der Waals surface area contributed by atoms with E-state index in [9.17, 15) is 9.59 Å². The Hall–Kier alpha value is -2.19. The highest BCUT2D eigenvalue weighted by atomic mass is 32.1. The number of anilines is 1. The molecule has 8 heteroatoms. The van der Waals surface area contributed by atoms with Crippen molar-refractivity contribution in [3.05, 3.63) is 23.3 Å². The van der Waals surface area contributed by atoms with Crippen LogP contribution in [0, 0.1) is 5.92 Å². The number of aromatic nitrogens is 1. The molecule has 30 heavy (non-hydrogen) atoms. The van der Waals surface area contributed by atoms with E-state index in [1.807, 2.05) is 41.5 Å². The van der Waals surface area contributed by atoms with Gasteiger partial charge in [-0.25, -0.2) is 14.7 Å². The number of carbonyl (C=O) groups excluding carboxylic acids is 2. The van der Waals surface area contributed by atoms with Crippen LogP contribution in [0.1, 0.15) is 64.1 Å². The molecule has 3 rings (SSSR count). The number of Topliss-reactive ketones (excluding diaryl/α,β-unsaturated/α-hetero) is 1. The minimum absolute atomic E-state index is 0.0199. The van der Waals surface area contributed by atoms with Gasteiger partial charge in [-0.05, 0) is 66.5 Å². The summed E-state index contributed by atoms with van der Waals surface area (Å²) in [5, 5.41) is 0.415. The molecule has 2 aromatic heterocycles. The lowest BCUT2D eigenvalue weighted by Gasteiger charge is -2.34. The fourth-order valence-electron chi connectivity index (χ4n) is 3.24. The Labute approximate surface area is 181 Å². The fourth-order valence-corrected chi connectivity index (χ4v) is 4.51. The average Bonchev–Trinajstić information content (AvgIpc) is 3.28. The van der Waals surface area contributed by atoms with E-state index in [-0.39, 0.29) is 11.7 Å². The third-order valence-corrected chi connectivity index (χ3v) is 5.68. The van der Waals surface area contributed by atoms with Crippen LogP contribution in [-0.4, -0.2) is 41.2 Å². The molecule has 0 radical (unpaired) electrons. The Balaban J connectivity index is 2.05. The minimum Gasteiger partial charge on any atom is -0.463 e. The molecule has 1 aliphatic heterocycles. The molecule has 0 atom stereocenters. The fraction of sp³-hybridized carbons (Fsp3) is 0.591. The Morgan fingerprint density at radius 2 is 1.83 bits per heavy atom. The molecule has 0 aromatic carbocycles. The lowest BCUT2D eigenvalue weighted by molar-refractivity contribution is 0.0544. The van der Waals surface area contributed by atoms with Gasteiger partial charge in [-0.1, -0.05) is 11.3 Å². The van der Waals surface area contributed by atoms with E-state index in [1.54, 1.807) is 18.4 Å². The van der Waals surface area contributed by atoms with Crippen molar-refractivity contribution in [2.24, 2.45) is 5.92 Å². The van der Waals surface area contributed by atoms with Crippen LogP contribution in [0.3, 0.4) is 0 Å². The predicted octanol–water partition coefficient (Wildman–Crippen LogP) is 5.55. The zero-order valence-electron chi connectivity index (χ0n) is 18.5. The maximum Gasteiger partial charge on any atom is 0.417 e. The van der Waals surface area contributed by atoms with E-state index in [0.717, 1.165) is 0 Å². The first-order valence-electron chi connectivity index (χ1n) is 10.2. The van der Waals surface area contributed by atoms with Gasteiger partial charge in [-0.3, -0.25) is 4.79 Å². The summed E-state index contributed by atoms with van der Waals surface area (Å²) < 4.78 is 16.6. The summed E-state index contributed by atoms with van der Waals surface area (Å²) in [5.41, 5.74) is -0.781. The second-order valence-corrected chi connectivity index (χ2v) is 10.4. The van der Waals surface area contributed by atoms with Crippen LogP contribution in [0.25, 0.3) is 11.5 Å². The molecule has 1 amide bonds. The van der Waals surface area contributed by atoms with Crippen LogP contribution in [0.4, 0.5) is 9.93 Å². The van der Waals surface area contributed by atoms with Crippen LogP contribution in [0.5, 0.6) is 0 Å². The molecular weight excluding hydrogens is 404 g/mol. The maximum absolute atomic E-state index is 13.3. The highest BCUT2D eigenvalue weighted by molar-refractivity contribution is 7.18. The van der Waals surface area contributed by atoms with Gasteiger partial charge in [-0.15, -0.1) is 0 Å². The summed E-state index contributed by atoms with van der Waals surface area (Å²) in [5.74, 6) is 0.405. The molecule has 164 valence electrons. The number of ketones is 1. The molecule has 1 fully saturated rings. The van der Waals surface area contributed by atoms with Crippen LogP contribution >= 0.6 is 11.3 Å². The van der Waals surface area contributed by atoms with Gasteiger partial charge in [0.05, 0.1) is 6.26 Å². The van der Waals surface area contributed by atoms with Crippen molar-refractivity contribution in [3.8, 4) is 11.5 Å².